The van der Waals surface area contributed by atoms with Crippen LogP contribution in [0.25, 0.3) is 0 Å². The first-order chi connectivity index (χ1) is 13.0. The number of hydrogen-bond acceptors (Lipinski definition) is 7. The van der Waals surface area contributed by atoms with E-state index in [0.29, 0.717) is 4.90 Å². The smallest absolute Gasteiger partial charge is 0.358 e. The van der Waals surface area contributed by atoms with Gasteiger partial charge in [0.05, 0.1) is 14.9 Å². The van der Waals surface area contributed by atoms with Gasteiger partial charge >= 0.3 is 11.7 Å². The van der Waals surface area contributed by atoms with Gasteiger partial charge in [0, 0.05) is 18.9 Å². The molecule has 3 aromatic rings. The Hall–Kier alpha value is -2.20. The van der Waals surface area contributed by atoms with Gasteiger partial charge in [0.1, 0.15) is 0 Å². The molecule has 3 rings (SSSR count). The Morgan fingerprint density at radius 2 is 1.89 bits per heavy atom. The molecule has 0 unspecified atom stereocenters. The molecule has 1 amide bonds. The van der Waals surface area contributed by atoms with Crippen LogP contribution in [-0.4, -0.2) is 20.8 Å². The van der Waals surface area contributed by atoms with Crippen LogP contribution in [0.4, 0.5) is 5.82 Å². The highest BCUT2D eigenvalue weighted by Crippen LogP contribution is 2.44. The second-order valence-electron chi connectivity index (χ2n) is 5.09. The lowest BCUT2D eigenvalue weighted by molar-refractivity contribution is -0.391. The number of hydrogen-bond donors (Lipinski definition) is 1. The molecule has 11 heteroatoms. The summed E-state index contributed by atoms with van der Waals surface area (Å²) in [6, 6.07) is 9.30. The third-order valence-corrected chi connectivity index (χ3v) is 6.39. The fourth-order valence-electron chi connectivity index (χ4n) is 2.02. The van der Waals surface area contributed by atoms with E-state index in [1.807, 2.05) is 30.3 Å². The molecule has 1 N–H and O–H groups in total. The summed E-state index contributed by atoms with van der Waals surface area (Å²) < 4.78 is 0.208. The van der Waals surface area contributed by atoms with Gasteiger partial charge in [0.15, 0.2) is 4.21 Å². The number of pyridine rings is 1. The van der Waals surface area contributed by atoms with Crippen LogP contribution < -0.4 is 5.32 Å². The zero-order valence-electron chi connectivity index (χ0n) is 13.4. The molecule has 0 saturated carbocycles. The van der Waals surface area contributed by atoms with Gasteiger partial charge in [-0.15, -0.1) is 0 Å². The van der Waals surface area contributed by atoms with Crippen molar-refractivity contribution in [2.45, 2.75) is 15.6 Å². The van der Waals surface area contributed by atoms with Gasteiger partial charge in [-0.1, -0.05) is 76.6 Å². The molecule has 0 saturated heterocycles. The van der Waals surface area contributed by atoms with E-state index < -0.39 is 16.6 Å². The van der Waals surface area contributed by atoms with Crippen molar-refractivity contribution in [2.75, 3.05) is 0 Å². The third-order valence-electron chi connectivity index (χ3n) is 3.25. The van der Waals surface area contributed by atoms with Crippen LogP contribution in [0, 0.1) is 10.1 Å². The first-order valence-electron chi connectivity index (χ1n) is 7.40. The molecule has 0 radical (unpaired) electrons. The maximum atomic E-state index is 12.3. The van der Waals surface area contributed by atoms with E-state index in [1.165, 1.54) is 12.4 Å². The first kappa shape index (κ1) is 19.6. The Morgan fingerprint density at radius 3 is 2.52 bits per heavy atom. The molecule has 0 fully saturated rings. The lowest BCUT2D eigenvalue weighted by Crippen LogP contribution is -2.22. The molecule has 0 aliphatic carbocycles. The van der Waals surface area contributed by atoms with Crippen molar-refractivity contribution in [2.24, 2.45) is 0 Å². The van der Waals surface area contributed by atoms with Crippen LogP contribution in [0.1, 0.15) is 15.4 Å². The minimum absolute atomic E-state index is 0.0126. The van der Waals surface area contributed by atoms with Crippen LogP contribution in [0.5, 0.6) is 0 Å². The molecular formula is C16H10Cl2N4O3S2. The number of rotatable bonds is 6. The van der Waals surface area contributed by atoms with Crippen molar-refractivity contribution < 1.29 is 9.72 Å². The summed E-state index contributed by atoms with van der Waals surface area (Å²) in [7, 11) is 0. The molecule has 0 atom stereocenters. The summed E-state index contributed by atoms with van der Waals surface area (Å²) in [5, 5.41) is 14.5. The van der Waals surface area contributed by atoms with Crippen LogP contribution >= 0.6 is 46.3 Å². The Labute approximate surface area is 171 Å². The molecule has 7 nitrogen and oxygen atoms in total. The highest BCUT2D eigenvalue weighted by atomic mass is 35.5. The van der Waals surface area contributed by atoms with Gasteiger partial charge in [-0.25, -0.2) is 0 Å². The van der Waals surface area contributed by atoms with Crippen molar-refractivity contribution in [3.05, 3.63) is 73.5 Å². The average Bonchev–Trinajstić information content (AvgIpc) is 3.08. The normalized spacial score (nSPS) is 10.6. The zero-order valence-corrected chi connectivity index (χ0v) is 16.5. The highest BCUT2D eigenvalue weighted by Gasteiger charge is 2.28. The van der Waals surface area contributed by atoms with Gasteiger partial charge in [0.25, 0.3) is 5.01 Å². The number of nitrogens with zero attached hydrogens (tertiary/aromatic N) is 3. The summed E-state index contributed by atoms with van der Waals surface area (Å²) in [6.07, 6.45) is 2.77. The van der Waals surface area contributed by atoms with Gasteiger partial charge in [0.2, 0.25) is 0 Å². The van der Waals surface area contributed by atoms with Crippen LogP contribution in [0.2, 0.25) is 10.0 Å². The van der Waals surface area contributed by atoms with Gasteiger partial charge in [-0.05, 0) is 15.5 Å². The number of aromatic nitrogens is 2. The molecule has 0 spiro atoms. The maximum Gasteiger partial charge on any atom is 0.389 e. The summed E-state index contributed by atoms with van der Waals surface area (Å²) in [4.78, 5) is 31.1. The van der Waals surface area contributed by atoms with E-state index in [2.05, 4.69) is 15.3 Å². The number of halogens is 2. The van der Waals surface area contributed by atoms with Crippen molar-refractivity contribution >= 4 is 58.0 Å². The monoisotopic (exact) mass is 440 g/mol. The molecule has 1 aromatic carbocycles. The molecule has 138 valence electrons. The number of benzene rings is 1. The van der Waals surface area contributed by atoms with Crippen molar-refractivity contribution in [3.63, 3.8) is 0 Å². The second-order valence-corrected chi connectivity index (χ2v) is 8.18. The number of nitrogens with one attached hydrogen (secondary N) is 1. The highest BCUT2D eigenvalue weighted by molar-refractivity contribution is 8.01. The fraction of sp³-hybridized carbons (Fsp3) is 0.0625. The summed E-state index contributed by atoms with van der Waals surface area (Å²) >= 11 is 14.0. The number of amides is 1. The Bertz CT molecular complexity index is 978. The summed E-state index contributed by atoms with van der Waals surface area (Å²) in [5.41, 5.74) is 0.904. The standard InChI is InChI=1S/C16H10Cl2N4O3S2/c17-10-7-19-8-11(18)12(10)26-16-13(22(24)25)21-15(27-16)14(23)20-6-9-4-2-1-3-5-9/h1-5,7-8H,6H2,(H,20,23). The molecule has 2 heterocycles. The molecule has 0 bridgehead atoms. The molecule has 2 aromatic heterocycles. The number of carbonyl (C=O) groups excluding carboxylic acids is 1. The van der Waals surface area contributed by atoms with E-state index in [1.54, 1.807) is 0 Å². The van der Waals surface area contributed by atoms with Gasteiger partial charge in [-0.2, -0.15) is 0 Å². The maximum absolute atomic E-state index is 12.3. The number of carbonyl (C=O) groups is 1. The van der Waals surface area contributed by atoms with Crippen molar-refractivity contribution in [1.29, 1.82) is 0 Å². The predicted octanol–water partition coefficient (Wildman–Crippen LogP) is 4.83. The van der Waals surface area contributed by atoms with E-state index in [0.717, 1.165) is 28.7 Å². The fourth-order valence-corrected chi connectivity index (χ4v) is 4.65. The van der Waals surface area contributed by atoms with E-state index in [9.17, 15) is 14.9 Å². The topological polar surface area (TPSA) is 98.0 Å². The van der Waals surface area contributed by atoms with Crippen LogP contribution in [0.15, 0.2) is 51.8 Å². The van der Waals surface area contributed by atoms with E-state index in [-0.39, 0.29) is 25.8 Å². The Morgan fingerprint density at radius 1 is 1.22 bits per heavy atom. The predicted molar refractivity (Wildman–Crippen MR) is 105 cm³/mol. The summed E-state index contributed by atoms with van der Waals surface area (Å²) in [6.45, 7) is 0.289. The largest absolute Gasteiger partial charge is 0.389 e. The lowest BCUT2D eigenvalue weighted by atomic mass is 10.2. The van der Waals surface area contributed by atoms with Gasteiger partial charge in [-0.3, -0.25) is 9.78 Å². The Kier molecular flexibility index (Phi) is 6.27. The Balaban J connectivity index is 1.82. The van der Waals surface area contributed by atoms with E-state index in [4.69, 9.17) is 23.2 Å². The van der Waals surface area contributed by atoms with Crippen molar-refractivity contribution in [1.82, 2.24) is 15.3 Å². The minimum Gasteiger partial charge on any atom is -0.358 e. The third kappa shape index (κ3) is 4.75. The van der Waals surface area contributed by atoms with E-state index >= 15 is 0 Å². The van der Waals surface area contributed by atoms with Crippen LogP contribution in [-0.2, 0) is 6.54 Å². The van der Waals surface area contributed by atoms with Crippen molar-refractivity contribution in [3.8, 4) is 0 Å². The van der Waals surface area contributed by atoms with Gasteiger partial charge < -0.3 is 15.4 Å². The zero-order chi connectivity index (χ0) is 19.4. The quantitative estimate of drug-likeness (QED) is 0.435. The lowest BCUT2D eigenvalue weighted by Gasteiger charge is -2.03. The molecular weight excluding hydrogens is 431 g/mol. The molecule has 0 aliphatic heterocycles. The minimum atomic E-state index is -0.643. The van der Waals surface area contributed by atoms with Crippen LogP contribution in [0.3, 0.4) is 0 Å². The second kappa shape index (κ2) is 8.66. The first-order valence-corrected chi connectivity index (χ1v) is 9.79. The number of nitro groups is 1. The average molecular weight is 441 g/mol. The molecule has 0 aliphatic rings. The SMILES string of the molecule is O=C(NCc1ccccc1)c1nc([N+](=O)[O-])c(Sc2c(Cl)cncc2Cl)s1. The molecule has 27 heavy (non-hydrogen) atoms. The summed E-state index contributed by atoms with van der Waals surface area (Å²) in [5.74, 6) is -0.912. The number of thiazole rings is 1.